The second-order valence-electron chi connectivity index (χ2n) is 4.42. The predicted octanol–water partition coefficient (Wildman–Crippen LogP) is 1.80. The molecule has 2 aromatic heterocycles. The zero-order valence-electron chi connectivity index (χ0n) is 12.2. The summed E-state index contributed by atoms with van der Waals surface area (Å²) in [6, 6.07) is 7.60. The van der Waals surface area contributed by atoms with Crippen molar-refractivity contribution in [2.24, 2.45) is 4.99 Å². The molecule has 0 aliphatic carbocycles. The Labute approximate surface area is 124 Å². The second kappa shape index (κ2) is 8.86. The Morgan fingerprint density at radius 3 is 2.48 bits per heavy atom. The minimum Gasteiger partial charge on any atom is -0.469 e. The molecule has 0 bridgehead atoms. The van der Waals surface area contributed by atoms with Gasteiger partial charge < -0.3 is 24.2 Å². The van der Waals surface area contributed by atoms with Crippen molar-refractivity contribution in [1.82, 2.24) is 10.6 Å². The first kappa shape index (κ1) is 15.2. The van der Waals surface area contributed by atoms with Crippen molar-refractivity contribution in [3.63, 3.8) is 0 Å². The topological polar surface area (TPSA) is 71.9 Å². The number of hydrogen-bond donors (Lipinski definition) is 2. The van der Waals surface area contributed by atoms with Gasteiger partial charge in [-0.1, -0.05) is 0 Å². The number of hydrogen-bond acceptors (Lipinski definition) is 4. The third-order valence-corrected chi connectivity index (χ3v) is 2.82. The van der Waals surface area contributed by atoms with Crippen LogP contribution in [0.5, 0.6) is 0 Å². The Hall–Kier alpha value is -2.21. The zero-order chi connectivity index (χ0) is 14.8. The van der Waals surface area contributed by atoms with Gasteiger partial charge in [-0.25, -0.2) is 4.99 Å². The van der Waals surface area contributed by atoms with E-state index in [4.69, 9.17) is 13.6 Å². The monoisotopic (exact) mass is 291 g/mol. The zero-order valence-corrected chi connectivity index (χ0v) is 12.2. The van der Waals surface area contributed by atoms with Crippen molar-refractivity contribution in [2.45, 2.75) is 13.0 Å². The number of guanidine groups is 1. The van der Waals surface area contributed by atoms with Crippen molar-refractivity contribution in [3.8, 4) is 0 Å². The van der Waals surface area contributed by atoms with Gasteiger partial charge in [0.15, 0.2) is 5.96 Å². The van der Waals surface area contributed by atoms with Gasteiger partial charge in [-0.05, 0) is 24.3 Å². The molecule has 2 N–H and O–H groups in total. The van der Waals surface area contributed by atoms with Crippen LogP contribution in [-0.2, 0) is 17.7 Å². The van der Waals surface area contributed by atoms with E-state index >= 15 is 0 Å². The van der Waals surface area contributed by atoms with Gasteiger partial charge in [0.05, 0.1) is 19.1 Å². The molecule has 0 atom stereocenters. The van der Waals surface area contributed by atoms with Crippen molar-refractivity contribution in [3.05, 3.63) is 48.3 Å². The van der Waals surface area contributed by atoms with Crippen molar-refractivity contribution < 1.29 is 13.6 Å². The molecule has 6 nitrogen and oxygen atoms in total. The highest BCUT2D eigenvalue weighted by molar-refractivity contribution is 5.79. The maximum atomic E-state index is 5.30. The van der Waals surface area contributed by atoms with E-state index < -0.39 is 0 Å². The Kier molecular flexibility index (Phi) is 6.41. The molecule has 0 saturated carbocycles. The van der Waals surface area contributed by atoms with Gasteiger partial charge in [0.25, 0.3) is 0 Å². The summed E-state index contributed by atoms with van der Waals surface area (Å²) in [6.45, 7) is 2.56. The molecule has 2 heterocycles. The maximum Gasteiger partial charge on any atom is 0.191 e. The molecule has 0 amide bonds. The largest absolute Gasteiger partial charge is 0.469 e. The summed E-state index contributed by atoms with van der Waals surface area (Å²) in [5.74, 6) is 2.51. The van der Waals surface area contributed by atoms with Gasteiger partial charge in [-0.15, -0.1) is 0 Å². The summed E-state index contributed by atoms with van der Waals surface area (Å²) in [5.41, 5.74) is 0. The molecule has 21 heavy (non-hydrogen) atoms. The predicted molar refractivity (Wildman–Crippen MR) is 80.1 cm³/mol. The molecule has 0 fully saturated rings. The molecule has 0 radical (unpaired) electrons. The first-order valence-electron chi connectivity index (χ1n) is 6.94. The van der Waals surface area contributed by atoms with E-state index in [1.165, 1.54) is 0 Å². The summed E-state index contributed by atoms with van der Waals surface area (Å²) in [7, 11) is 1.67. The highest BCUT2D eigenvalue weighted by atomic mass is 16.5. The van der Waals surface area contributed by atoms with E-state index in [-0.39, 0.29) is 0 Å². The van der Waals surface area contributed by atoms with E-state index in [0.717, 1.165) is 30.4 Å². The Morgan fingerprint density at radius 1 is 1.10 bits per heavy atom. The summed E-state index contributed by atoms with van der Waals surface area (Å²) in [4.78, 5) is 4.47. The molecule has 2 aromatic rings. The van der Waals surface area contributed by atoms with Crippen LogP contribution in [-0.4, -0.2) is 32.8 Å². The van der Waals surface area contributed by atoms with Crippen LogP contribution in [0.25, 0.3) is 0 Å². The number of ether oxygens (including phenoxy) is 1. The number of methoxy groups -OCH3 is 1. The summed E-state index contributed by atoms with van der Waals surface area (Å²) in [5, 5.41) is 6.47. The fraction of sp³-hybridized carbons (Fsp3) is 0.400. The molecule has 0 aliphatic heterocycles. The van der Waals surface area contributed by atoms with Crippen LogP contribution in [0.4, 0.5) is 0 Å². The van der Waals surface area contributed by atoms with Crippen LogP contribution in [0.1, 0.15) is 11.5 Å². The molecule has 0 saturated heterocycles. The van der Waals surface area contributed by atoms with Gasteiger partial charge in [0.1, 0.15) is 18.1 Å². The lowest BCUT2D eigenvalue weighted by Crippen LogP contribution is -2.39. The van der Waals surface area contributed by atoms with E-state index in [2.05, 4.69) is 15.6 Å². The lowest BCUT2D eigenvalue weighted by molar-refractivity contribution is 0.203. The third kappa shape index (κ3) is 5.74. The number of nitrogens with one attached hydrogen (secondary N) is 2. The minimum atomic E-state index is 0.496. The van der Waals surface area contributed by atoms with Crippen LogP contribution in [0.15, 0.2) is 50.6 Å². The molecule has 114 valence electrons. The van der Waals surface area contributed by atoms with Crippen LogP contribution in [0.3, 0.4) is 0 Å². The first-order valence-corrected chi connectivity index (χ1v) is 6.94. The number of nitrogens with zero attached hydrogens (tertiary/aromatic N) is 1. The molecule has 0 aromatic carbocycles. The molecular formula is C15H21N3O3. The van der Waals surface area contributed by atoms with Gasteiger partial charge in [-0.3, -0.25) is 0 Å². The number of rotatable bonds is 8. The van der Waals surface area contributed by atoms with Crippen LogP contribution in [0.2, 0.25) is 0 Å². The summed E-state index contributed by atoms with van der Waals surface area (Å²) < 4.78 is 15.6. The molecule has 2 rings (SSSR count). The molecular weight excluding hydrogens is 270 g/mol. The Morgan fingerprint density at radius 2 is 1.81 bits per heavy atom. The highest BCUT2D eigenvalue weighted by Crippen LogP contribution is 2.01. The number of furan rings is 2. The fourth-order valence-corrected chi connectivity index (χ4v) is 1.76. The normalized spacial score (nSPS) is 11.6. The molecule has 0 unspecified atom stereocenters. The summed E-state index contributed by atoms with van der Waals surface area (Å²) in [6.07, 6.45) is 4.13. The van der Waals surface area contributed by atoms with E-state index in [1.807, 2.05) is 24.3 Å². The average molecular weight is 291 g/mol. The standard InChI is InChI=1S/C15H21N3O3/c1-19-11-8-17-15(18-12-14-5-3-10-21-14)16-7-6-13-4-2-9-20-13/h2-5,9-10H,6-8,11-12H2,1H3,(H2,16,17,18). The van der Waals surface area contributed by atoms with E-state index in [0.29, 0.717) is 19.7 Å². The lowest BCUT2D eigenvalue weighted by atomic mass is 10.3. The van der Waals surface area contributed by atoms with Gasteiger partial charge in [-0.2, -0.15) is 0 Å². The average Bonchev–Trinajstić information content (AvgIpc) is 3.18. The van der Waals surface area contributed by atoms with Gasteiger partial charge in [0.2, 0.25) is 0 Å². The molecule has 6 heteroatoms. The quantitative estimate of drug-likeness (QED) is 0.441. The number of aliphatic imine (C=N–C) groups is 1. The van der Waals surface area contributed by atoms with E-state index in [9.17, 15) is 0 Å². The first-order chi connectivity index (χ1) is 10.4. The molecule has 0 spiro atoms. The smallest absolute Gasteiger partial charge is 0.191 e. The highest BCUT2D eigenvalue weighted by Gasteiger charge is 2.01. The third-order valence-electron chi connectivity index (χ3n) is 2.82. The van der Waals surface area contributed by atoms with Crippen LogP contribution < -0.4 is 10.6 Å². The lowest BCUT2D eigenvalue weighted by Gasteiger charge is -2.11. The van der Waals surface area contributed by atoms with Crippen molar-refractivity contribution in [1.29, 1.82) is 0 Å². The molecule has 0 aliphatic rings. The summed E-state index contributed by atoms with van der Waals surface area (Å²) >= 11 is 0. The van der Waals surface area contributed by atoms with Crippen LogP contribution >= 0.6 is 0 Å². The van der Waals surface area contributed by atoms with Crippen LogP contribution in [0, 0.1) is 0 Å². The SMILES string of the molecule is COCCNC(=NCc1ccco1)NCCc1ccco1. The fourth-order valence-electron chi connectivity index (χ4n) is 1.76. The van der Waals surface area contributed by atoms with Gasteiger partial charge in [0, 0.05) is 26.6 Å². The van der Waals surface area contributed by atoms with Gasteiger partial charge >= 0.3 is 0 Å². The Balaban J connectivity index is 1.80. The van der Waals surface area contributed by atoms with Crippen molar-refractivity contribution in [2.75, 3.05) is 26.8 Å². The second-order valence-corrected chi connectivity index (χ2v) is 4.42. The van der Waals surface area contributed by atoms with E-state index in [1.54, 1.807) is 19.6 Å². The Bertz CT molecular complexity index is 506. The minimum absolute atomic E-state index is 0.496. The maximum absolute atomic E-state index is 5.30. The van der Waals surface area contributed by atoms with Crippen molar-refractivity contribution >= 4 is 5.96 Å².